The lowest BCUT2D eigenvalue weighted by molar-refractivity contribution is -0.171. The van der Waals surface area contributed by atoms with Crippen LogP contribution in [0.15, 0.2) is 0 Å². The standard InChI is InChI=1S/C12H26O4/c1-6-14-11(15-7-2)10-13-8-9-16-12(3,4)5/h11H,6-10H2,1-5H3. The molecule has 98 valence electrons. The Balaban J connectivity index is 3.46. The van der Waals surface area contributed by atoms with E-state index in [4.69, 9.17) is 18.9 Å². The van der Waals surface area contributed by atoms with Crippen molar-refractivity contribution in [2.45, 2.75) is 46.5 Å². The van der Waals surface area contributed by atoms with Crippen LogP contribution >= 0.6 is 0 Å². The van der Waals surface area contributed by atoms with Gasteiger partial charge in [0.05, 0.1) is 25.4 Å². The average molecular weight is 234 g/mol. The second-order valence-corrected chi connectivity index (χ2v) is 4.38. The van der Waals surface area contributed by atoms with Gasteiger partial charge in [0.25, 0.3) is 0 Å². The molecule has 0 bridgehead atoms. The highest BCUT2D eigenvalue weighted by molar-refractivity contribution is 4.57. The predicted octanol–water partition coefficient (Wildman–Crippen LogP) is 2.22. The van der Waals surface area contributed by atoms with Gasteiger partial charge >= 0.3 is 0 Å². The number of hydrogen-bond acceptors (Lipinski definition) is 4. The van der Waals surface area contributed by atoms with Gasteiger partial charge in [-0.1, -0.05) is 0 Å². The molecule has 0 aromatic heterocycles. The third-order valence-corrected chi connectivity index (χ3v) is 1.72. The van der Waals surface area contributed by atoms with E-state index in [0.29, 0.717) is 33.0 Å². The summed E-state index contributed by atoms with van der Waals surface area (Å²) in [5.41, 5.74) is -0.109. The Hall–Kier alpha value is -0.160. The molecule has 0 radical (unpaired) electrons. The highest BCUT2D eigenvalue weighted by Gasteiger charge is 2.10. The van der Waals surface area contributed by atoms with E-state index in [9.17, 15) is 0 Å². The van der Waals surface area contributed by atoms with Crippen molar-refractivity contribution in [3.05, 3.63) is 0 Å². The van der Waals surface area contributed by atoms with E-state index in [1.807, 2.05) is 34.6 Å². The SMILES string of the molecule is CCOC(COCCOC(C)(C)C)OCC. The van der Waals surface area contributed by atoms with Gasteiger partial charge in [-0.2, -0.15) is 0 Å². The molecule has 0 saturated heterocycles. The molecule has 0 N–H and O–H groups in total. The minimum absolute atomic E-state index is 0.109. The first-order chi connectivity index (χ1) is 7.49. The Labute approximate surface area is 99.2 Å². The summed E-state index contributed by atoms with van der Waals surface area (Å²) in [5.74, 6) is 0. The Morgan fingerprint density at radius 3 is 1.94 bits per heavy atom. The monoisotopic (exact) mass is 234 g/mol. The third-order valence-electron chi connectivity index (χ3n) is 1.72. The second-order valence-electron chi connectivity index (χ2n) is 4.38. The van der Waals surface area contributed by atoms with Gasteiger partial charge in [0.15, 0.2) is 6.29 Å². The van der Waals surface area contributed by atoms with Crippen molar-refractivity contribution in [2.75, 3.05) is 33.0 Å². The van der Waals surface area contributed by atoms with Gasteiger partial charge in [0.2, 0.25) is 0 Å². The topological polar surface area (TPSA) is 36.9 Å². The van der Waals surface area contributed by atoms with Crippen LogP contribution < -0.4 is 0 Å². The minimum Gasteiger partial charge on any atom is -0.374 e. The second kappa shape index (κ2) is 8.93. The fraction of sp³-hybridized carbons (Fsp3) is 1.00. The summed E-state index contributed by atoms with van der Waals surface area (Å²) < 4.78 is 21.6. The molecule has 4 heteroatoms. The Kier molecular flexibility index (Phi) is 8.84. The first-order valence-electron chi connectivity index (χ1n) is 5.94. The maximum absolute atomic E-state index is 5.52. The van der Waals surface area contributed by atoms with Crippen LogP contribution in [0.25, 0.3) is 0 Å². The van der Waals surface area contributed by atoms with Crippen LogP contribution in [0.5, 0.6) is 0 Å². The van der Waals surface area contributed by atoms with Crippen LogP contribution in [0.4, 0.5) is 0 Å². The smallest absolute Gasteiger partial charge is 0.180 e. The highest BCUT2D eigenvalue weighted by Crippen LogP contribution is 2.05. The van der Waals surface area contributed by atoms with E-state index in [1.54, 1.807) is 0 Å². The third kappa shape index (κ3) is 10.4. The number of rotatable bonds is 9. The van der Waals surface area contributed by atoms with Crippen LogP contribution in [0.1, 0.15) is 34.6 Å². The van der Waals surface area contributed by atoms with Crippen molar-refractivity contribution in [1.82, 2.24) is 0 Å². The van der Waals surface area contributed by atoms with Gasteiger partial charge in [0.1, 0.15) is 0 Å². The summed E-state index contributed by atoms with van der Waals surface area (Å²) >= 11 is 0. The molecule has 0 rings (SSSR count). The average Bonchev–Trinajstić information content (AvgIpc) is 2.16. The van der Waals surface area contributed by atoms with Crippen LogP contribution in [0.2, 0.25) is 0 Å². The van der Waals surface area contributed by atoms with Crippen LogP contribution in [0.3, 0.4) is 0 Å². The van der Waals surface area contributed by atoms with Crippen molar-refractivity contribution in [3.8, 4) is 0 Å². The van der Waals surface area contributed by atoms with Gasteiger partial charge in [0, 0.05) is 13.2 Å². The molecule has 0 saturated carbocycles. The van der Waals surface area contributed by atoms with E-state index in [1.165, 1.54) is 0 Å². The molecule has 4 nitrogen and oxygen atoms in total. The summed E-state index contributed by atoms with van der Waals surface area (Å²) in [5, 5.41) is 0. The zero-order valence-electron chi connectivity index (χ0n) is 11.2. The molecule has 0 spiro atoms. The Morgan fingerprint density at radius 1 is 0.938 bits per heavy atom. The lowest BCUT2D eigenvalue weighted by Gasteiger charge is -2.20. The molecule has 0 amide bonds. The van der Waals surface area contributed by atoms with E-state index < -0.39 is 0 Å². The molecule has 0 aliphatic rings. The highest BCUT2D eigenvalue weighted by atomic mass is 16.7. The molecule has 16 heavy (non-hydrogen) atoms. The van der Waals surface area contributed by atoms with E-state index in [2.05, 4.69) is 0 Å². The molecular weight excluding hydrogens is 208 g/mol. The van der Waals surface area contributed by atoms with Crippen LogP contribution in [-0.2, 0) is 18.9 Å². The molecule has 0 aromatic rings. The number of hydrogen-bond donors (Lipinski definition) is 0. The summed E-state index contributed by atoms with van der Waals surface area (Å²) in [6.45, 7) is 12.8. The zero-order valence-corrected chi connectivity index (χ0v) is 11.2. The summed E-state index contributed by atoms with van der Waals surface area (Å²) in [4.78, 5) is 0. The van der Waals surface area contributed by atoms with Gasteiger partial charge in [-0.15, -0.1) is 0 Å². The van der Waals surface area contributed by atoms with Crippen molar-refractivity contribution >= 4 is 0 Å². The van der Waals surface area contributed by atoms with Crippen LogP contribution in [-0.4, -0.2) is 44.9 Å². The molecule has 0 fully saturated rings. The first-order valence-corrected chi connectivity index (χ1v) is 5.94. The fourth-order valence-electron chi connectivity index (χ4n) is 1.10. The van der Waals surface area contributed by atoms with E-state index in [0.717, 1.165) is 0 Å². The van der Waals surface area contributed by atoms with Crippen molar-refractivity contribution in [3.63, 3.8) is 0 Å². The number of ether oxygens (including phenoxy) is 4. The summed E-state index contributed by atoms with van der Waals surface area (Å²) in [6, 6.07) is 0. The van der Waals surface area contributed by atoms with Gasteiger partial charge in [-0.3, -0.25) is 0 Å². The van der Waals surface area contributed by atoms with E-state index >= 15 is 0 Å². The van der Waals surface area contributed by atoms with Crippen molar-refractivity contribution < 1.29 is 18.9 Å². The van der Waals surface area contributed by atoms with Crippen molar-refractivity contribution in [1.29, 1.82) is 0 Å². The van der Waals surface area contributed by atoms with Gasteiger partial charge in [-0.25, -0.2) is 0 Å². The lowest BCUT2D eigenvalue weighted by Crippen LogP contribution is -2.26. The normalized spacial score (nSPS) is 12.4. The fourth-order valence-corrected chi connectivity index (χ4v) is 1.10. The summed E-state index contributed by atoms with van der Waals surface area (Å²) in [6.07, 6.45) is -0.260. The quantitative estimate of drug-likeness (QED) is 0.453. The van der Waals surface area contributed by atoms with Gasteiger partial charge in [-0.05, 0) is 34.6 Å². The maximum Gasteiger partial charge on any atom is 0.180 e. The molecule has 0 atom stereocenters. The Bertz CT molecular complexity index is 148. The molecule has 0 aromatic carbocycles. The lowest BCUT2D eigenvalue weighted by atomic mass is 10.2. The Morgan fingerprint density at radius 2 is 1.50 bits per heavy atom. The van der Waals surface area contributed by atoms with E-state index in [-0.39, 0.29) is 11.9 Å². The predicted molar refractivity (Wildman–Crippen MR) is 63.6 cm³/mol. The summed E-state index contributed by atoms with van der Waals surface area (Å²) in [7, 11) is 0. The largest absolute Gasteiger partial charge is 0.374 e. The first kappa shape index (κ1) is 15.8. The zero-order chi connectivity index (χ0) is 12.4. The molecule has 0 unspecified atom stereocenters. The molecular formula is C12H26O4. The molecule has 0 aliphatic heterocycles. The molecule has 0 aliphatic carbocycles. The van der Waals surface area contributed by atoms with Crippen LogP contribution in [0, 0.1) is 0 Å². The van der Waals surface area contributed by atoms with Crippen molar-refractivity contribution in [2.24, 2.45) is 0 Å². The molecule has 0 heterocycles. The van der Waals surface area contributed by atoms with Gasteiger partial charge < -0.3 is 18.9 Å². The minimum atomic E-state index is -0.260. The maximum atomic E-state index is 5.52.